The molecule has 0 radical (unpaired) electrons. The van der Waals surface area contributed by atoms with Crippen molar-refractivity contribution < 1.29 is 14.4 Å². The zero-order chi connectivity index (χ0) is 15.2. The molecule has 6 nitrogen and oxygen atoms in total. The van der Waals surface area contributed by atoms with Gasteiger partial charge >= 0.3 is 0 Å². The summed E-state index contributed by atoms with van der Waals surface area (Å²) >= 11 is 0. The van der Waals surface area contributed by atoms with Gasteiger partial charge in [0.15, 0.2) is 0 Å². The number of rotatable bonds is 5. The molecular formula is C15H12N2O4. The number of nitro benzene ring substituents is 1. The predicted molar refractivity (Wildman–Crippen MR) is 75.1 cm³/mol. The van der Waals surface area contributed by atoms with Crippen molar-refractivity contribution >= 4 is 5.69 Å². The molecule has 0 unspecified atom stereocenters. The van der Waals surface area contributed by atoms with Crippen LogP contribution in [0.15, 0.2) is 42.5 Å². The summed E-state index contributed by atoms with van der Waals surface area (Å²) in [5.74, 6) is 1.06. The number of non-ortho nitro benzene ring substituents is 1. The molecule has 0 aromatic heterocycles. The highest BCUT2D eigenvalue weighted by molar-refractivity contribution is 5.50. The molecule has 0 aliphatic rings. The summed E-state index contributed by atoms with van der Waals surface area (Å²) in [6.07, 6.45) is 0. The third-order valence-electron chi connectivity index (χ3n) is 2.85. The third kappa shape index (κ3) is 3.48. The van der Waals surface area contributed by atoms with Crippen LogP contribution in [-0.4, -0.2) is 12.0 Å². The number of nitro groups is 1. The number of hydrogen-bond acceptors (Lipinski definition) is 5. The number of methoxy groups -OCH3 is 1. The van der Waals surface area contributed by atoms with Gasteiger partial charge in [0.05, 0.1) is 12.0 Å². The molecular weight excluding hydrogens is 272 g/mol. The van der Waals surface area contributed by atoms with Crippen molar-refractivity contribution in [2.45, 2.75) is 6.61 Å². The predicted octanol–water partition coefficient (Wildman–Crippen LogP) is 3.05. The Hall–Kier alpha value is -3.07. The van der Waals surface area contributed by atoms with Crippen molar-refractivity contribution in [1.29, 1.82) is 5.26 Å². The fourth-order valence-corrected chi connectivity index (χ4v) is 1.73. The molecule has 0 bridgehead atoms. The van der Waals surface area contributed by atoms with Crippen LogP contribution in [0.25, 0.3) is 0 Å². The van der Waals surface area contributed by atoms with Gasteiger partial charge in [0.2, 0.25) is 0 Å². The Labute approximate surface area is 121 Å². The third-order valence-corrected chi connectivity index (χ3v) is 2.85. The largest absolute Gasteiger partial charge is 0.497 e. The fourth-order valence-electron chi connectivity index (χ4n) is 1.73. The van der Waals surface area contributed by atoms with Crippen molar-refractivity contribution in [3.05, 3.63) is 63.7 Å². The molecule has 2 aromatic rings. The molecule has 0 aliphatic heterocycles. The van der Waals surface area contributed by atoms with Gasteiger partial charge in [0.1, 0.15) is 29.7 Å². The van der Waals surface area contributed by atoms with Crippen LogP contribution < -0.4 is 9.47 Å². The van der Waals surface area contributed by atoms with Gasteiger partial charge in [0.25, 0.3) is 5.69 Å². The van der Waals surface area contributed by atoms with E-state index in [4.69, 9.17) is 14.7 Å². The van der Waals surface area contributed by atoms with Crippen LogP contribution in [0.5, 0.6) is 11.5 Å². The maximum Gasteiger partial charge on any atom is 0.271 e. The maximum absolute atomic E-state index is 10.7. The van der Waals surface area contributed by atoms with Crippen LogP contribution in [0, 0.1) is 21.4 Å². The van der Waals surface area contributed by atoms with E-state index < -0.39 is 4.92 Å². The van der Waals surface area contributed by atoms with Crippen LogP contribution in [0.4, 0.5) is 5.69 Å². The normalized spacial score (nSPS) is 9.71. The summed E-state index contributed by atoms with van der Waals surface area (Å²) in [5, 5.41) is 19.7. The second kappa shape index (κ2) is 6.39. The number of benzene rings is 2. The maximum atomic E-state index is 10.7. The molecule has 0 N–H and O–H groups in total. The average Bonchev–Trinajstić information content (AvgIpc) is 2.53. The summed E-state index contributed by atoms with van der Waals surface area (Å²) in [6.45, 7) is 0.260. The van der Waals surface area contributed by atoms with E-state index in [2.05, 4.69) is 0 Å². The summed E-state index contributed by atoms with van der Waals surface area (Å²) in [7, 11) is 1.58. The van der Waals surface area contributed by atoms with Gasteiger partial charge in [-0.1, -0.05) is 12.1 Å². The van der Waals surface area contributed by atoms with Gasteiger partial charge in [-0.2, -0.15) is 5.26 Å². The molecule has 0 saturated carbocycles. The van der Waals surface area contributed by atoms with Gasteiger partial charge in [0, 0.05) is 12.1 Å². The van der Waals surface area contributed by atoms with Gasteiger partial charge < -0.3 is 9.47 Å². The van der Waals surface area contributed by atoms with Crippen LogP contribution in [0.2, 0.25) is 0 Å². The van der Waals surface area contributed by atoms with Gasteiger partial charge in [-0.15, -0.1) is 0 Å². The second-order valence-corrected chi connectivity index (χ2v) is 4.19. The number of nitriles is 1. The van der Waals surface area contributed by atoms with E-state index in [1.165, 1.54) is 18.2 Å². The summed E-state index contributed by atoms with van der Waals surface area (Å²) in [6, 6.07) is 13.1. The Balaban J connectivity index is 2.12. The zero-order valence-corrected chi connectivity index (χ0v) is 11.3. The molecule has 0 aliphatic carbocycles. The quantitative estimate of drug-likeness (QED) is 0.622. The van der Waals surface area contributed by atoms with Crippen molar-refractivity contribution in [3.63, 3.8) is 0 Å². The molecule has 0 heterocycles. The van der Waals surface area contributed by atoms with Crippen molar-refractivity contribution in [1.82, 2.24) is 0 Å². The van der Waals surface area contributed by atoms with Crippen molar-refractivity contribution in [2.75, 3.05) is 7.11 Å². The first-order chi connectivity index (χ1) is 10.1. The number of ether oxygens (including phenoxy) is 2. The van der Waals surface area contributed by atoms with E-state index in [-0.39, 0.29) is 17.9 Å². The van der Waals surface area contributed by atoms with Crippen LogP contribution in [0.3, 0.4) is 0 Å². The first kappa shape index (κ1) is 14.3. The zero-order valence-electron chi connectivity index (χ0n) is 11.3. The van der Waals surface area contributed by atoms with Crippen molar-refractivity contribution in [2.24, 2.45) is 0 Å². The van der Waals surface area contributed by atoms with Crippen LogP contribution in [0.1, 0.15) is 11.1 Å². The highest BCUT2D eigenvalue weighted by Crippen LogP contribution is 2.24. The molecule has 0 amide bonds. The average molecular weight is 284 g/mol. The minimum Gasteiger partial charge on any atom is -0.497 e. The summed E-state index contributed by atoms with van der Waals surface area (Å²) < 4.78 is 10.6. The number of hydrogen-bond donors (Lipinski definition) is 0. The smallest absolute Gasteiger partial charge is 0.271 e. The van der Waals surface area contributed by atoms with E-state index in [9.17, 15) is 10.1 Å². The molecule has 0 fully saturated rings. The summed E-state index contributed by atoms with van der Waals surface area (Å²) in [4.78, 5) is 10.1. The minimum absolute atomic E-state index is 0.136. The lowest BCUT2D eigenvalue weighted by atomic mass is 10.2. The standard InChI is InChI=1S/C15H12N2O4/c1-20-14-5-2-11(3-6-14)10-21-15-7-4-13(17(18)19)8-12(15)9-16/h2-8H,10H2,1H3. The first-order valence-electron chi connectivity index (χ1n) is 6.08. The van der Waals surface area contributed by atoms with Gasteiger partial charge in [-0.25, -0.2) is 0 Å². The van der Waals surface area contributed by atoms with Gasteiger partial charge in [-0.05, 0) is 23.8 Å². The Bertz CT molecular complexity index is 690. The van der Waals surface area contributed by atoms with Crippen LogP contribution in [-0.2, 0) is 6.61 Å². The van der Waals surface area contributed by atoms with E-state index in [0.717, 1.165) is 11.3 Å². The van der Waals surface area contributed by atoms with Crippen LogP contribution >= 0.6 is 0 Å². The SMILES string of the molecule is COc1ccc(COc2ccc([N+](=O)[O-])cc2C#N)cc1. The Morgan fingerprint density at radius 3 is 2.52 bits per heavy atom. The Morgan fingerprint density at radius 1 is 1.24 bits per heavy atom. The highest BCUT2D eigenvalue weighted by Gasteiger charge is 2.11. The van der Waals surface area contributed by atoms with E-state index in [0.29, 0.717) is 5.75 Å². The molecule has 21 heavy (non-hydrogen) atoms. The van der Waals surface area contributed by atoms with Crippen molar-refractivity contribution in [3.8, 4) is 17.6 Å². The van der Waals surface area contributed by atoms with E-state index >= 15 is 0 Å². The minimum atomic E-state index is -0.548. The lowest BCUT2D eigenvalue weighted by molar-refractivity contribution is -0.384. The highest BCUT2D eigenvalue weighted by atomic mass is 16.6. The lowest BCUT2D eigenvalue weighted by Crippen LogP contribution is -1.98. The topological polar surface area (TPSA) is 85.4 Å². The molecule has 106 valence electrons. The molecule has 6 heteroatoms. The lowest BCUT2D eigenvalue weighted by Gasteiger charge is -2.08. The fraction of sp³-hybridized carbons (Fsp3) is 0.133. The first-order valence-corrected chi connectivity index (χ1v) is 6.08. The van der Waals surface area contributed by atoms with Gasteiger partial charge in [-0.3, -0.25) is 10.1 Å². The Kier molecular flexibility index (Phi) is 4.36. The van der Waals surface area contributed by atoms with E-state index in [1.807, 2.05) is 18.2 Å². The Morgan fingerprint density at radius 2 is 1.95 bits per heavy atom. The molecule has 0 saturated heterocycles. The molecule has 0 atom stereocenters. The summed E-state index contributed by atoms with van der Waals surface area (Å²) in [5.41, 5.74) is 0.902. The number of nitrogens with zero attached hydrogens (tertiary/aromatic N) is 2. The molecule has 2 aromatic carbocycles. The molecule has 2 rings (SSSR count). The monoisotopic (exact) mass is 284 g/mol. The molecule has 0 spiro atoms. The van der Waals surface area contributed by atoms with E-state index in [1.54, 1.807) is 19.2 Å². The second-order valence-electron chi connectivity index (χ2n) is 4.19.